The molecule has 2 unspecified atom stereocenters. The number of carboxylic acid groups (broad SMARTS) is 2. The van der Waals surface area contributed by atoms with E-state index in [1.807, 2.05) is 0 Å². The smallest absolute Gasteiger partial charge is 0.359 e. The number of rotatable bonds is 39. The fourth-order valence-electron chi connectivity index (χ4n) is 6.30. The highest BCUT2D eigenvalue weighted by Gasteiger charge is 2.44. The molecule has 0 heterocycles. The van der Waals surface area contributed by atoms with Crippen molar-refractivity contribution in [2.75, 3.05) is 0 Å². The van der Waals surface area contributed by atoms with Crippen LogP contribution in [0.3, 0.4) is 0 Å². The van der Waals surface area contributed by atoms with E-state index in [2.05, 4.69) is 13.8 Å². The SMILES string of the molecule is CCCCCCCCCCCCCCCC(=O)OC(=O)C(OC(=O)CCC(=O)O)C(OC(=O)CCC(=O)O)C(=O)OC(=O)CCCCCCCCCCCCCCC. The molecule has 2 atom stereocenters. The van der Waals surface area contributed by atoms with Gasteiger partial charge in [0.2, 0.25) is 12.2 Å². The van der Waals surface area contributed by atoms with Gasteiger partial charge < -0.3 is 29.2 Å². The van der Waals surface area contributed by atoms with Gasteiger partial charge in [0, 0.05) is 12.8 Å². The van der Waals surface area contributed by atoms with Crippen molar-refractivity contribution >= 4 is 47.8 Å². The quantitative estimate of drug-likeness (QED) is 0.0256. The van der Waals surface area contributed by atoms with Gasteiger partial charge in [0.15, 0.2) is 0 Å². The van der Waals surface area contributed by atoms with Gasteiger partial charge in [0.25, 0.3) is 0 Å². The molecule has 0 amide bonds. The Morgan fingerprint density at radius 2 is 0.569 bits per heavy atom. The van der Waals surface area contributed by atoms with E-state index in [4.69, 9.17) is 29.2 Å². The second-order valence-corrected chi connectivity index (χ2v) is 15.2. The molecular weight excluding hydrogens is 752 g/mol. The molecule has 0 aromatic carbocycles. The van der Waals surface area contributed by atoms with Crippen molar-refractivity contribution < 1.29 is 67.5 Å². The van der Waals surface area contributed by atoms with Crippen LogP contribution in [0.25, 0.3) is 0 Å². The Morgan fingerprint density at radius 1 is 0.328 bits per heavy atom. The van der Waals surface area contributed by atoms with Crippen LogP contribution >= 0.6 is 0 Å². The number of aliphatic carboxylic acids is 2. The van der Waals surface area contributed by atoms with Crippen molar-refractivity contribution in [1.29, 1.82) is 0 Å². The number of carboxylic acids is 2. The average Bonchev–Trinajstić information content (AvgIpc) is 3.17. The normalized spacial score (nSPS) is 12.0. The van der Waals surface area contributed by atoms with Crippen LogP contribution in [0.2, 0.25) is 0 Å². The predicted octanol–water partition coefficient (Wildman–Crippen LogP) is 9.64. The molecule has 0 fully saturated rings. The summed E-state index contributed by atoms with van der Waals surface area (Å²) in [4.78, 5) is 98.9. The monoisotopic (exact) mass is 827 g/mol. The second kappa shape index (κ2) is 37.4. The van der Waals surface area contributed by atoms with Crippen LogP contribution in [0.5, 0.6) is 0 Å². The average molecular weight is 827 g/mol. The molecule has 58 heavy (non-hydrogen) atoms. The molecule has 2 N–H and O–H groups in total. The van der Waals surface area contributed by atoms with Crippen molar-refractivity contribution in [3.63, 3.8) is 0 Å². The molecule has 0 aromatic rings. The first-order valence-corrected chi connectivity index (χ1v) is 22.2. The second-order valence-electron chi connectivity index (χ2n) is 15.2. The van der Waals surface area contributed by atoms with Gasteiger partial charge in [-0.2, -0.15) is 0 Å². The van der Waals surface area contributed by atoms with Gasteiger partial charge in [-0.1, -0.05) is 168 Å². The Balaban J connectivity index is 5.23. The number of hydrogen-bond donors (Lipinski definition) is 2. The first-order valence-electron chi connectivity index (χ1n) is 22.2. The van der Waals surface area contributed by atoms with Crippen molar-refractivity contribution in [2.45, 2.75) is 232 Å². The highest BCUT2D eigenvalue weighted by atomic mass is 16.7. The zero-order valence-electron chi connectivity index (χ0n) is 35.6. The van der Waals surface area contributed by atoms with E-state index in [1.165, 1.54) is 89.9 Å². The molecule has 0 bridgehead atoms. The van der Waals surface area contributed by atoms with E-state index >= 15 is 0 Å². The molecule has 14 nitrogen and oxygen atoms in total. The maximum absolute atomic E-state index is 13.2. The summed E-state index contributed by atoms with van der Waals surface area (Å²) in [5, 5.41) is 18.0. The minimum absolute atomic E-state index is 0.186. The van der Waals surface area contributed by atoms with E-state index in [0.717, 1.165) is 51.4 Å². The van der Waals surface area contributed by atoms with Crippen LogP contribution in [0.1, 0.15) is 219 Å². The number of carbonyl (C=O) groups excluding carboxylic acids is 6. The van der Waals surface area contributed by atoms with Crippen molar-refractivity contribution in [2.24, 2.45) is 0 Å². The maximum Gasteiger partial charge on any atom is 0.359 e. The molecule has 0 aliphatic carbocycles. The van der Waals surface area contributed by atoms with Crippen molar-refractivity contribution in [1.82, 2.24) is 0 Å². The fourth-order valence-corrected chi connectivity index (χ4v) is 6.30. The third kappa shape index (κ3) is 33.2. The summed E-state index contributed by atoms with van der Waals surface area (Å²) >= 11 is 0. The minimum atomic E-state index is -2.46. The van der Waals surface area contributed by atoms with Gasteiger partial charge in [-0.15, -0.1) is 0 Å². The summed E-state index contributed by atoms with van der Waals surface area (Å²) in [6, 6.07) is 0. The topological polar surface area (TPSA) is 214 Å². The lowest BCUT2D eigenvalue weighted by molar-refractivity contribution is -0.195. The van der Waals surface area contributed by atoms with E-state index in [0.29, 0.717) is 25.7 Å². The van der Waals surface area contributed by atoms with E-state index in [9.17, 15) is 38.4 Å². The molecule has 0 aliphatic heterocycles. The zero-order chi connectivity index (χ0) is 43.2. The Kier molecular flexibility index (Phi) is 35.0. The Labute approximate surface area is 346 Å². The van der Waals surface area contributed by atoms with Crippen LogP contribution in [-0.4, -0.2) is 70.2 Å². The molecule has 0 aliphatic rings. The van der Waals surface area contributed by atoms with E-state index in [1.54, 1.807) is 0 Å². The number of ether oxygens (including phenoxy) is 4. The molecule has 0 rings (SSSR count). The lowest BCUT2D eigenvalue weighted by Crippen LogP contribution is -2.48. The highest BCUT2D eigenvalue weighted by Crippen LogP contribution is 2.18. The van der Waals surface area contributed by atoms with Crippen LogP contribution in [-0.2, 0) is 57.3 Å². The Hall–Kier alpha value is -3.84. The van der Waals surface area contributed by atoms with E-state index < -0.39 is 85.6 Å². The molecule has 0 saturated heterocycles. The summed E-state index contributed by atoms with van der Waals surface area (Å²) in [6.07, 6.45) is 19.6. The molecular formula is C44H74O14. The largest absolute Gasteiger partial charge is 0.481 e. The van der Waals surface area contributed by atoms with Gasteiger partial charge in [-0.25, -0.2) is 9.59 Å². The third-order valence-electron chi connectivity index (χ3n) is 9.74. The summed E-state index contributed by atoms with van der Waals surface area (Å²) in [6.45, 7) is 4.40. The van der Waals surface area contributed by atoms with Crippen LogP contribution < -0.4 is 0 Å². The number of hydrogen-bond acceptors (Lipinski definition) is 12. The summed E-state index contributed by atoms with van der Waals surface area (Å²) in [5.41, 5.74) is 0. The van der Waals surface area contributed by atoms with Crippen LogP contribution in [0.4, 0.5) is 0 Å². The summed E-state index contributed by atoms with van der Waals surface area (Å²) in [7, 11) is 0. The first kappa shape index (κ1) is 54.2. The predicted molar refractivity (Wildman–Crippen MR) is 216 cm³/mol. The van der Waals surface area contributed by atoms with E-state index in [-0.39, 0.29) is 12.8 Å². The van der Waals surface area contributed by atoms with Gasteiger partial charge in [0.05, 0.1) is 25.7 Å². The fraction of sp³-hybridized carbons (Fsp3) is 0.818. The molecule has 0 aromatic heterocycles. The van der Waals surface area contributed by atoms with Gasteiger partial charge >= 0.3 is 47.8 Å². The number of carbonyl (C=O) groups is 8. The molecule has 0 saturated carbocycles. The minimum Gasteiger partial charge on any atom is -0.481 e. The third-order valence-corrected chi connectivity index (χ3v) is 9.74. The number of esters is 6. The van der Waals surface area contributed by atoms with Crippen LogP contribution in [0.15, 0.2) is 0 Å². The Bertz CT molecular complexity index is 1090. The lowest BCUT2D eigenvalue weighted by atomic mass is 10.0. The molecule has 0 spiro atoms. The van der Waals surface area contributed by atoms with Gasteiger partial charge in [-0.05, 0) is 12.8 Å². The molecule has 14 heteroatoms. The number of unbranched alkanes of at least 4 members (excludes halogenated alkanes) is 24. The summed E-state index contributed by atoms with van der Waals surface area (Å²) < 4.78 is 19.8. The first-order chi connectivity index (χ1) is 27.9. The van der Waals surface area contributed by atoms with Crippen LogP contribution in [0, 0.1) is 0 Å². The zero-order valence-corrected chi connectivity index (χ0v) is 35.6. The molecule has 334 valence electrons. The standard InChI is InChI=1S/C44H74O14/c1-3-5-7-9-11-13-15-17-19-21-23-25-27-29-37(49)57-43(53)41(55-39(51)33-31-35(45)46)42(56-40(52)34-32-36(47)48)44(54)58-38(50)30-28-26-24-22-20-18-16-14-12-10-8-6-4-2/h41-42H,3-34H2,1-2H3,(H,45,46)(H,47,48). The lowest BCUT2D eigenvalue weighted by Gasteiger charge is -2.23. The Morgan fingerprint density at radius 3 is 0.810 bits per heavy atom. The molecule has 0 radical (unpaired) electrons. The maximum atomic E-state index is 13.2. The van der Waals surface area contributed by atoms with Crippen molar-refractivity contribution in [3.05, 3.63) is 0 Å². The summed E-state index contributed by atoms with van der Waals surface area (Å²) in [5.74, 6) is -10.6. The van der Waals surface area contributed by atoms with Crippen molar-refractivity contribution in [3.8, 4) is 0 Å². The highest BCUT2D eigenvalue weighted by molar-refractivity contribution is 5.97. The van der Waals surface area contributed by atoms with Gasteiger partial charge in [0.1, 0.15) is 0 Å². The van der Waals surface area contributed by atoms with Gasteiger partial charge in [-0.3, -0.25) is 28.8 Å².